The van der Waals surface area contributed by atoms with Gasteiger partial charge in [-0.1, -0.05) is 12.1 Å². The molecule has 1 amide bonds. The van der Waals surface area contributed by atoms with Crippen molar-refractivity contribution in [3.8, 4) is 0 Å². The Balaban J connectivity index is 2.28. The molecule has 0 atom stereocenters. The SMILES string of the molecule is O=C1CCN(c2ccccc2I)C(=O)C1. The van der Waals surface area contributed by atoms with Gasteiger partial charge in [-0.15, -0.1) is 0 Å². The van der Waals surface area contributed by atoms with Gasteiger partial charge in [-0.25, -0.2) is 0 Å². The van der Waals surface area contributed by atoms with Crippen LogP contribution in [-0.4, -0.2) is 18.2 Å². The molecule has 0 N–H and O–H groups in total. The number of para-hydroxylation sites is 1. The minimum absolute atomic E-state index is 0.0437. The highest BCUT2D eigenvalue weighted by Crippen LogP contribution is 2.24. The number of amides is 1. The number of rotatable bonds is 1. The maximum Gasteiger partial charge on any atom is 0.234 e. The molecule has 1 heterocycles. The molecule has 3 nitrogen and oxygen atoms in total. The van der Waals surface area contributed by atoms with E-state index in [4.69, 9.17) is 0 Å². The molecule has 1 fully saturated rings. The van der Waals surface area contributed by atoms with Gasteiger partial charge in [-0.2, -0.15) is 0 Å². The van der Waals surface area contributed by atoms with Gasteiger partial charge < -0.3 is 4.90 Å². The van der Waals surface area contributed by atoms with Gasteiger partial charge in [0.1, 0.15) is 5.78 Å². The molecular formula is C11H10INO2. The van der Waals surface area contributed by atoms with Crippen molar-refractivity contribution in [3.05, 3.63) is 27.8 Å². The fourth-order valence-corrected chi connectivity index (χ4v) is 2.32. The number of nitrogens with zero attached hydrogens (tertiary/aromatic N) is 1. The molecule has 2 rings (SSSR count). The summed E-state index contributed by atoms with van der Waals surface area (Å²) in [6, 6.07) is 7.71. The number of halogens is 1. The van der Waals surface area contributed by atoms with Crippen molar-refractivity contribution in [2.75, 3.05) is 11.4 Å². The number of hydrogen-bond acceptors (Lipinski definition) is 2. The molecule has 0 saturated carbocycles. The Kier molecular flexibility index (Phi) is 3.04. The van der Waals surface area contributed by atoms with Crippen molar-refractivity contribution >= 4 is 40.0 Å². The lowest BCUT2D eigenvalue weighted by Crippen LogP contribution is -2.39. The highest BCUT2D eigenvalue weighted by Gasteiger charge is 2.25. The first-order valence-corrected chi connectivity index (χ1v) is 5.83. The molecule has 1 aliphatic heterocycles. The van der Waals surface area contributed by atoms with Crippen LogP contribution in [-0.2, 0) is 9.59 Å². The van der Waals surface area contributed by atoms with Crippen LogP contribution in [0, 0.1) is 3.57 Å². The van der Waals surface area contributed by atoms with Crippen LogP contribution in [0.25, 0.3) is 0 Å². The van der Waals surface area contributed by atoms with Crippen molar-refractivity contribution in [3.63, 3.8) is 0 Å². The summed E-state index contributed by atoms with van der Waals surface area (Å²) in [6.45, 7) is 0.512. The second-order valence-corrected chi connectivity index (χ2v) is 4.62. The zero-order chi connectivity index (χ0) is 10.8. The summed E-state index contributed by atoms with van der Waals surface area (Å²) < 4.78 is 1.04. The third kappa shape index (κ3) is 2.19. The molecule has 78 valence electrons. The second kappa shape index (κ2) is 4.30. The van der Waals surface area contributed by atoms with E-state index in [1.165, 1.54) is 0 Å². The van der Waals surface area contributed by atoms with Gasteiger partial charge in [0, 0.05) is 16.5 Å². The molecule has 0 spiro atoms. The molecule has 0 radical (unpaired) electrons. The standard InChI is InChI=1S/C11H10INO2/c12-9-3-1-2-4-10(9)13-6-5-8(14)7-11(13)15/h1-4H,5-7H2. The second-order valence-electron chi connectivity index (χ2n) is 3.46. The average molecular weight is 315 g/mol. The Hall–Kier alpha value is -0.910. The van der Waals surface area contributed by atoms with Crippen LogP contribution in [0.1, 0.15) is 12.8 Å². The lowest BCUT2D eigenvalue weighted by atomic mass is 10.1. The van der Waals surface area contributed by atoms with Crippen molar-refractivity contribution in [1.29, 1.82) is 0 Å². The normalized spacial score (nSPS) is 17.0. The topological polar surface area (TPSA) is 37.4 Å². The van der Waals surface area contributed by atoms with Crippen molar-refractivity contribution in [2.24, 2.45) is 0 Å². The Morgan fingerprint density at radius 2 is 1.93 bits per heavy atom. The minimum atomic E-state index is -0.0876. The van der Waals surface area contributed by atoms with E-state index in [0.29, 0.717) is 13.0 Å². The molecule has 4 heteroatoms. The third-order valence-electron chi connectivity index (χ3n) is 2.41. The molecular weight excluding hydrogens is 305 g/mol. The van der Waals surface area contributed by atoms with Crippen LogP contribution in [0.15, 0.2) is 24.3 Å². The highest BCUT2D eigenvalue weighted by atomic mass is 127. The summed E-state index contributed by atoms with van der Waals surface area (Å²) in [5.41, 5.74) is 0.913. The summed E-state index contributed by atoms with van der Waals surface area (Å²) in [6.07, 6.45) is 0.516. The summed E-state index contributed by atoms with van der Waals surface area (Å²) in [7, 11) is 0. The van der Waals surface area contributed by atoms with Crippen LogP contribution in [0.3, 0.4) is 0 Å². The van der Waals surface area contributed by atoms with Crippen LogP contribution >= 0.6 is 22.6 Å². The van der Waals surface area contributed by atoms with E-state index in [9.17, 15) is 9.59 Å². The van der Waals surface area contributed by atoms with E-state index in [1.54, 1.807) is 4.90 Å². The number of carbonyl (C=O) groups excluding carboxylic acids is 2. The van der Waals surface area contributed by atoms with E-state index in [-0.39, 0.29) is 18.1 Å². The molecule has 1 saturated heterocycles. The van der Waals surface area contributed by atoms with Gasteiger partial charge in [0.2, 0.25) is 5.91 Å². The van der Waals surface area contributed by atoms with Crippen LogP contribution in [0.2, 0.25) is 0 Å². The third-order valence-corrected chi connectivity index (χ3v) is 3.32. The van der Waals surface area contributed by atoms with E-state index < -0.39 is 0 Å². The van der Waals surface area contributed by atoms with Crippen LogP contribution in [0.5, 0.6) is 0 Å². The zero-order valence-corrected chi connectivity index (χ0v) is 10.2. The Morgan fingerprint density at radius 3 is 2.60 bits per heavy atom. The summed E-state index contributed by atoms with van der Waals surface area (Å²) in [5, 5.41) is 0. The predicted molar refractivity (Wildman–Crippen MR) is 65.8 cm³/mol. The molecule has 1 aromatic rings. The maximum atomic E-state index is 11.7. The first-order chi connectivity index (χ1) is 7.18. The first-order valence-electron chi connectivity index (χ1n) is 4.75. The van der Waals surface area contributed by atoms with Gasteiger partial charge in [-0.05, 0) is 34.7 Å². The first kappa shape index (κ1) is 10.6. The molecule has 1 aromatic carbocycles. The van der Waals surface area contributed by atoms with Crippen LogP contribution < -0.4 is 4.90 Å². The number of ketones is 1. The number of benzene rings is 1. The fraction of sp³-hybridized carbons (Fsp3) is 0.273. The summed E-state index contributed by atoms with van der Waals surface area (Å²) in [5.74, 6) is -0.0439. The minimum Gasteiger partial charge on any atom is -0.311 e. The maximum absolute atomic E-state index is 11.7. The molecule has 0 unspecified atom stereocenters. The Morgan fingerprint density at radius 1 is 1.20 bits per heavy atom. The van der Waals surface area contributed by atoms with E-state index in [0.717, 1.165) is 9.26 Å². The van der Waals surface area contributed by atoms with Gasteiger partial charge in [0.25, 0.3) is 0 Å². The molecule has 0 aliphatic carbocycles. The largest absolute Gasteiger partial charge is 0.311 e. The summed E-state index contributed by atoms with van der Waals surface area (Å²) in [4.78, 5) is 24.4. The van der Waals surface area contributed by atoms with E-state index >= 15 is 0 Å². The van der Waals surface area contributed by atoms with E-state index in [2.05, 4.69) is 22.6 Å². The Bertz CT molecular complexity index is 417. The van der Waals surface area contributed by atoms with Gasteiger partial charge >= 0.3 is 0 Å². The molecule has 0 bridgehead atoms. The quantitative estimate of drug-likeness (QED) is 0.587. The van der Waals surface area contributed by atoms with Gasteiger partial charge in [0.05, 0.1) is 12.1 Å². The van der Waals surface area contributed by atoms with E-state index in [1.807, 2.05) is 24.3 Å². The lowest BCUT2D eigenvalue weighted by Gasteiger charge is -2.26. The smallest absolute Gasteiger partial charge is 0.234 e. The number of piperidine rings is 1. The predicted octanol–water partition coefficient (Wildman–Crippen LogP) is 1.99. The zero-order valence-electron chi connectivity index (χ0n) is 8.07. The Labute approximate surface area is 102 Å². The van der Waals surface area contributed by atoms with Crippen molar-refractivity contribution in [2.45, 2.75) is 12.8 Å². The molecule has 15 heavy (non-hydrogen) atoms. The van der Waals surface area contributed by atoms with Crippen molar-refractivity contribution in [1.82, 2.24) is 0 Å². The number of anilines is 1. The van der Waals surface area contributed by atoms with Gasteiger partial charge in [-0.3, -0.25) is 9.59 Å². The number of hydrogen-bond donors (Lipinski definition) is 0. The number of Topliss-reactive ketones (excluding diaryl/α,β-unsaturated/α-hetero) is 1. The lowest BCUT2D eigenvalue weighted by molar-refractivity contribution is -0.128. The number of carbonyl (C=O) groups is 2. The molecule has 0 aromatic heterocycles. The fourth-order valence-electron chi connectivity index (χ4n) is 1.64. The average Bonchev–Trinajstić information content (AvgIpc) is 2.20. The molecule has 1 aliphatic rings. The monoisotopic (exact) mass is 315 g/mol. The summed E-state index contributed by atoms with van der Waals surface area (Å²) >= 11 is 2.20. The van der Waals surface area contributed by atoms with Gasteiger partial charge in [0.15, 0.2) is 0 Å². The van der Waals surface area contributed by atoms with Crippen LogP contribution in [0.4, 0.5) is 5.69 Å². The highest BCUT2D eigenvalue weighted by molar-refractivity contribution is 14.1. The van der Waals surface area contributed by atoms with Crippen molar-refractivity contribution < 1.29 is 9.59 Å².